The lowest BCUT2D eigenvalue weighted by atomic mass is 10.0. The third-order valence-corrected chi connectivity index (χ3v) is 6.31. The van der Waals surface area contributed by atoms with Gasteiger partial charge in [-0.3, -0.25) is 4.79 Å². The molecule has 13 heteroatoms. The predicted molar refractivity (Wildman–Crippen MR) is 119 cm³/mol. The molecule has 9 nitrogen and oxygen atoms in total. The Bertz CT molecular complexity index is 980. The van der Waals surface area contributed by atoms with Crippen molar-refractivity contribution in [2.75, 3.05) is 31.2 Å². The van der Waals surface area contributed by atoms with Gasteiger partial charge in [0.25, 0.3) is 11.8 Å². The van der Waals surface area contributed by atoms with E-state index < -0.39 is 36.6 Å². The number of hydrogen-bond acceptors (Lipinski definition) is 8. The largest absolute Gasteiger partial charge is 0.462 e. The van der Waals surface area contributed by atoms with Crippen molar-refractivity contribution in [1.82, 2.24) is 20.3 Å². The lowest BCUT2D eigenvalue weighted by Crippen LogP contribution is -2.56. The molecule has 1 saturated heterocycles. The number of esters is 1. The average molecular weight is 506 g/mol. The number of halogens is 3. The number of carbonyl (C=O) groups is 2. The van der Waals surface area contributed by atoms with E-state index in [1.165, 1.54) is 6.20 Å². The van der Waals surface area contributed by atoms with Crippen LogP contribution in [0.1, 0.15) is 53.2 Å². The normalized spacial score (nSPS) is 18.9. The first-order chi connectivity index (χ1) is 15.6. The van der Waals surface area contributed by atoms with Gasteiger partial charge in [-0.1, -0.05) is 29.9 Å². The molecule has 1 aliphatic rings. The molecule has 1 aliphatic heterocycles. The highest BCUT2D eigenvalue weighted by molar-refractivity contribution is 7.17. The van der Waals surface area contributed by atoms with Crippen molar-refractivity contribution in [2.45, 2.75) is 51.7 Å². The number of ether oxygens (including phenoxy) is 2. The Morgan fingerprint density at radius 3 is 2.82 bits per heavy atom. The number of piperidine rings is 1. The van der Waals surface area contributed by atoms with Crippen LogP contribution >= 0.6 is 22.9 Å². The molecule has 3 rings (SSSR count). The number of thiazole rings is 1. The van der Waals surface area contributed by atoms with Crippen LogP contribution in [-0.4, -0.2) is 71.2 Å². The van der Waals surface area contributed by atoms with Crippen LogP contribution in [0.5, 0.6) is 0 Å². The number of rotatable bonds is 9. The van der Waals surface area contributed by atoms with Gasteiger partial charge in [0, 0.05) is 20.0 Å². The van der Waals surface area contributed by atoms with Crippen molar-refractivity contribution < 1.29 is 27.8 Å². The maximum absolute atomic E-state index is 13.5. The molecule has 2 N–H and O–H groups in total. The van der Waals surface area contributed by atoms with Gasteiger partial charge in [0.2, 0.25) is 0 Å². The van der Waals surface area contributed by atoms with E-state index in [1.54, 1.807) is 6.92 Å². The van der Waals surface area contributed by atoms with E-state index in [1.807, 2.05) is 11.8 Å². The van der Waals surface area contributed by atoms with Gasteiger partial charge in [-0.25, -0.2) is 23.5 Å². The molecule has 1 fully saturated rings. The van der Waals surface area contributed by atoms with Crippen LogP contribution in [0.15, 0.2) is 6.20 Å². The molecule has 0 bridgehead atoms. The number of aromatic amines is 1. The molecule has 0 aromatic carbocycles. The van der Waals surface area contributed by atoms with Crippen molar-refractivity contribution >= 4 is 39.9 Å². The molecule has 0 saturated carbocycles. The summed E-state index contributed by atoms with van der Waals surface area (Å²) < 4.78 is 37.5. The Balaban J connectivity index is 1.72. The highest BCUT2D eigenvalue weighted by Gasteiger charge is 2.35. The average Bonchev–Trinajstić information content (AvgIpc) is 3.39. The first kappa shape index (κ1) is 25.3. The quantitative estimate of drug-likeness (QED) is 0.503. The van der Waals surface area contributed by atoms with E-state index in [2.05, 4.69) is 20.3 Å². The number of nitrogens with one attached hydrogen (secondary N) is 2. The minimum atomic E-state index is -3.03. The molecule has 0 aliphatic carbocycles. The minimum Gasteiger partial charge on any atom is -0.462 e. The molecule has 182 valence electrons. The summed E-state index contributed by atoms with van der Waals surface area (Å²) in [6, 6.07) is -0.533. The number of nitrogens with zero attached hydrogens (tertiary/aromatic N) is 3. The number of H-pyrrole nitrogens is 1. The topological polar surface area (TPSA) is 109 Å². The second-order valence-corrected chi connectivity index (χ2v) is 9.04. The van der Waals surface area contributed by atoms with Crippen molar-refractivity contribution in [3.8, 4) is 0 Å². The zero-order valence-electron chi connectivity index (χ0n) is 18.5. The van der Waals surface area contributed by atoms with Crippen LogP contribution in [0.3, 0.4) is 0 Å². The van der Waals surface area contributed by atoms with Crippen molar-refractivity contribution in [3.63, 3.8) is 0 Å². The molecular weight excluding hydrogens is 480 g/mol. The zero-order chi connectivity index (χ0) is 24.2. The Morgan fingerprint density at radius 1 is 1.42 bits per heavy atom. The van der Waals surface area contributed by atoms with Crippen LogP contribution in [-0.2, 0) is 15.9 Å². The molecule has 2 aromatic heterocycles. The van der Waals surface area contributed by atoms with Crippen LogP contribution < -0.4 is 10.2 Å². The highest BCUT2D eigenvalue weighted by Crippen LogP contribution is 2.28. The lowest BCUT2D eigenvalue weighted by molar-refractivity contribution is -0.0947. The summed E-state index contributed by atoms with van der Waals surface area (Å²) in [7, 11) is 0. The van der Waals surface area contributed by atoms with Gasteiger partial charge in [-0.05, 0) is 19.8 Å². The molecule has 1 amide bonds. The predicted octanol–water partition coefficient (Wildman–Crippen LogP) is 3.31. The third kappa shape index (κ3) is 6.61. The van der Waals surface area contributed by atoms with E-state index in [9.17, 15) is 18.4 Å². The number of aromatic nitrogens is 3. The van der Waals surface area contributed by atoms with E-state index in [0.29, 0.717) is 35.1 Å². The van der Waals surface area contributed by atoms with E-state index in [4.69, 9.17) is 21.1 Å². The first-order valence-corrected chi connectivity index (χ1v) is 11.7. The fourth-order valence-electron chi connectivity index (χ4n) is 3.35. The second kappa shape index (κ2) is 10.7. The van der Waals surface area contributed by atoms with Gasteiger partial charge >= 0.3 is 5.97 Å². The number of imidazole rings is 1. The number of alkyl halides is 2. The van der Waals surface area contributed by atoms with E-state index >= 15 is 0 Å². The maximum Gasteiger partial charge on any atom is 0.350 e. The van der Waals surface area contributed by atoms with Gasteiger partial charge in [-0.2, -0.15) is 0 Å². The highest BCUT2D eigenvalue weighted by atomic mass is 35.5. The van der Waals surface area contributed by atoms with E-state index in [-0.39, 0.29) is 24.1 Å². The summed E-state index contributed by atoms with van der Waals surface area (Å²) in [6.45, 7) is 4.49. The Morgan fingerprint density at radius 2 is 2.18 bits per heavy atom. The van der Waals surface area contributed by atoms with Crippen LogP contribution in [0.25, 0.3) is 0 Å². The Labute approximate surface area is 198 Å². The summed E-state index contributed by atoms with van der Waals surface area (Å²) in [5.41, 5.74) is 0.635. The Kier molecular flexibility index (Phi) is 8.24. The number of carbonyl (C=O) groups excluding carboxylic acids is 2. The SMILES string of the molecule is CCOC(=O)c1cnc(N2CCC(NC(=O)c3nc(Cl)c(CC)[nH]3)C(OCC(C)(F)F)C2)s1. The lowest BCUT2D eigenvalue weighted by Gasteiger charge is -2.38. The number of anilines is 1. The summed E-state index contributed by atoms with van der Waals surface area (Å²) in [5, 5.41) is 3.59. The fourth-order valence-corrected chi connectivity index (χ4v) is 4.46. The van der Waals surface area contributed by atoms with Crippen LogP contribution in [0, 0.1) is 0 Å². The molecule has 3 heterocycles. The molecular formula is C20H26ClF2N5O4S. The summed E-state index contributed by atoms with van der Waals surface area (Å²) in [5.74, 6) is -3.94. The molecule has 2 unspecified atom stereocenters. The van der Waals surface area contributed by atoms with Crippen molar-refractivity contribution in [1.29, 1.82) is 0 Å². The molecule has 33 heavy (non-hydrogen) atoms. The van der Waals surface area contributed by atoms with Gasteiger partial charge in [0.1, 0.15) is 11.5 Å². The van der Waals surface area contributed by atoms with E-state index in [0.717, 1.165) is 18.3 Å². The number of hydrogen-bond donors (Lipinski definition) is 2. The third-order valence-electron chi connectivity index (χ3n) is 4.96. The van der Waals surface area contributed by atoms with Crippen molar-refractivity contribution in [2.24, 2.45) is 0 Å². The second-order valence-electron chi connectivity index (χ2n) is 7.67. The summed E-state index contributed by atoms with van der Waals surface area (Å²) in [6.07, 6.45) is 1.68. The number of aryl methyl sites for hydroxylation is 1. The zero-order valence-corrected chi connectivity index (χ0v) is 20.1. The smallest absolute Gasteiger partial charge is 0.350 e. The number of amides is 1. The summed E-state index contributed by atoms with van der Waals surface area (Å²) >= 11 is 7.17. The summed E-state index contributed by atoms with van der Waals surface area (Å²) in [4.78, 5) is 38.0. The van der Waals surface area contributed by atoms with Gasteiger partial charge in [-0.15, -0.1) is 0 Å². The van der Waals surface area contributed by atoms with Crippen LogP contribution in [0.4, 0.5) is 13.9 Å². The van der Waals surface area contributed by atoms with Gasteiger partial charge < -0.3 is 24.7 Å². The first-order valence-electron chi connectivity index (χ1n) is 10.5. The molecule has 0 radical (unpaired) electrons. The van der Waals surface area contributed by atoms with Gasteiger partial charge in [0.15, 0.2) is 16.1 Å². The van der Waals surface area contributed by atoms with Crippen LogP contribution in [0.2, 0.25) is 5.15 Å². The van der Waals surface area contributed by atoms with Crippen molar-refractivity contribution in [3.05, 3.63) is 27.7 Å². The molecule has 2 aromatic rings. The minimum absolute atomic E-state index is 0.0536. The standard InChI is InChI=1S/C20H26ClF2N5O4S/c1-4-11-15(21)27-16(25-11)17(29)26-12-6-7-28(9-13(12)32-10-20(3,22)23)19-24-8-14(33-19)18(30)31-5-2/h8,12-13H,4-7,9-10H2,1-3H3,(H,25,27)(H,26,29). The fraction of sp³-hybridized carbons (Fsp3) is 0.600. The monoisotopic (exact) mass is 505 g/mol. The maximum atomic E-state index is 13.5. The Hall–Kier alpha value is -2.31. The molecule has 2 atom stereocenters. The molecule has 0 spiro atoms. The van der Waals surface area contributed by atoms with Gasteiger partial charge in [0.05, 0.1) is 30.6 Å².